The summed E-state index contributed by atoms with van der Waals surface area (Å²) in [5.74, 6) is 0.221. The van der Waals surface area contributed by atoms with Crippen molar-refractivity contribution in [2.24, 2.45) is 0 Å². The van der Waals surface area contributed by atoms with E-state index in [2.05, 4.69) is 22.6 Å². The third-order valence-electron chi connectivity index (χ3n) is 1.24. The summed E-state index contributed by atoms with van der Waals surface area (Å²) in [5, 5.41) is 0. The smallest absolute Gasteiger partial charge is 0.157 e. The van der Waals surface area contributed by atoms with Gasteiger partial charge >= 0.3 is 0 Å². The molecule has 1 atom stereocenters. The van der Waals surface area contributed by atoms with Crippen LogP contribution in [0.3, 0.4) is 0 Å². The molecule has 0 aliphatic rings. The van der Waals surface area contributed by atoms with E-state index in [0.29, 0.717) is 0 Å². The molecular formula is C7H7IO2S. The molecule has 0 saturated carbocycles. The standard InChI is InChI=1S/C7H7IO2S/c8-7-4-2-1-3-6(7)5-11(9)10/h1-4H,5H2,(H,9,10). The quantitative estimate of drug-likeness (QED) is 0.665. The first-order valence-corrected chi connectivity index (χ1v) is 5.36. The Morgan fingerprint density at radius 1 is 1.45 bits per heavy atom. The molecule has 0 heterocycles. The zero-order valence-electron chi connectivity index (χ0n) is 5.66. The van der Waals surface area contributed by atoms with Crippen LogP contribution in [0.2, 0.25) is 0 Å². The molecule has 0 bridgehead atoms. The van der Waals surface area contributed by atoms with Gasteiger partial charge in [0, 0.05) is 3.57 Å². The highest BCUT2D eigenvalue weighted by atomic mass is 127. The first-order chi connectivity index (χ1) is 5.20. The lowest BCUT2D eigenvalue weighted by Crippen LogP contribution is -1.94. The summed E-state index contributed by atoms with van der Waals surface area (Å²) < 4.78 is 20.1. The molecule has 0 amide bonds. The van der Waals surface area contributed by atoms with Gasteiger partial charge in [-0.05, 0) is 34.2 Å². The maximum absolute atomic E-state index is 10.4. The van der Waals surface area contributed by atoms with Gasteiger partial charge in [0.1, 0.15) is 0 Å². The van der Waals surface area contributed by atoms with Crippen molar-refractivity contribution in [2.45, 2.75) is 5.75 Å². The molecule has 1 rings (SSSR count). The van der Waals surface area contributed by atoms with Gasteiger partial charge < -0.3 is 4.55 Å². The number of benzene rings is 1. The fourth-order valence-electron chi connectivity index (χ4n) is 0.748. The Morgan fingerprint density at radius 2 is 2.09 bits per heavy atom. The van der Waals surface area contributed by atoms with E-state index in [9.17, 15) is 4.21 Å². The van der Waals surface area contributed by atoms with Crippen molar-refractivity contribution in [2.75, 3.05) is 0 Å². The van der Waals surface area contributed by atoms with Crippen molar-refractivity contribution in [3.63, 3.8) is 0 Å². The second kappa shape index (κ2) is 4.18. The molecule has 0 saturated heterocycles. The average Bonchev–Trinajstić information content (AvgIpc) is 1.93. The molecule has 4 heteroatoms. The molecule has 60 valence electrons. The molecule has 1 unspecified atom stereocenters. The van der Waals surface area contributed by atoms with E-state index < -0.39 is 11.1 Å². The van der Waals surface area contributed by atoms with Gasteiger partial charge in [0.15, 0.2) is 11.1 Å². The van der Waals surface area contributed by atoms with Crippen LogP contribution in [-0.4, -0.2) is 8.76 Å². The second-order valence-electron chi connectivity index (χ2n) is 2.06. The normalized spacial score (nSPS) is 12.9. The van der Waals surface area contributed by atoms with Gasteiger partial charge in [-0.15, -0.1) is 0 Å². The second-order valence-corrected chi connectivity index (χ2v) is 4.15. The van der Waals surface area contributed by atoms with Crippen LogP contribution in [0.4, 0.5) is 0 Å². The number of rotatable bonds is 2. The van der Waals surface area contributed by atoms with Crippen molar-refractivity contribution in [3.8, 4) is 0 Å². The zero-order valence-corrected chi connectivity index (χ0v) is 8.63. The Bertz CT molecular complexity index is 275. The van der Waals surface area contributed by atoms with Gasteiger partial charge in [0.05, 0.1) is 5.75 Å². The molecule has 0 fully saturated rings. The van der Waals surface area contributed by atoms with Crippen molar-refractivity contribution >= 4 is 33.7 Å². The summed E-state index contributed by atoms with van der Waals surface area (Å²) in [6.07, 6.45) is 0. The monoisotopic (exact) mass is 282 g/mol. The largest absolute Gasteiger partial charge is 0.306 e. The predicted molar refractivity (Wildman–Crippen MR) is 53.6 cm³/mol. The van der Waals surface area contributed by atoms with Crippen LogP contribution in [0, 0.1) is 3.57 Å². The maximum Gasteiger partial charge on any atom is 0.157 e. The van der Waals surface area contributed by atoms with Crippen LogP contribution in [0.15, 0.2) is 24.3 Å². The van der Waals surface area contributed by atoms with Crippen LogP contribution in [0.5, 0.6) is 0 Å². The van der Waals surface area contributed by atoms with Crippen molar-refractivity contribution in [3.05, 3.63) is 33.4 Å². The summed E-state index contributed by atoms with van der Waals surface area (Å²) in [4.78, 5) is 0. The Hall–Kier alpha value is 0.0600. The number of hydrogen-bond donors (Lipinski definition) is 1. The fraction of sp³-hybridized carbons (Fsp3) is 0.143. The van der Waals surface area contributed by atoms with Crippen LogP contribution >= 0.6 is 22.6 Å². The molecule has 0 radical (unpaired) electrons. The number of hydrogen-bond acceptors (Lipinski definition) is 1. The Kier molecular flexibility index (Phi) is 3.47. The first kappa shape index (κ1) is 9.15. The van der Waals surface area contributed by atoms with Gasteiger partial charge in [-0.25, -0.2) is 4.21 Å². The van der Waals surface area contributed by atoms with Crippen LogP contribution < -0.4 is 0 Å². The Labute approximate surface area is 81.4 Å². The van der Waals surface area contributed by atoms with E-state index in [4.69, 9.17) is 4.55 Å². The van der Waals surface area contributed by atoms with Crippen LogP contribution in [0.25, 0.3) is 0 Å². The summed E-state index contributed by atoms with van der Waals surface area (Å²) in [6.45, 7) is 0. The average molecular weight is 282 g/mol. The lowest BCUT2D eigenvalue weighted by molar-refractivity contribution is 0.563. The molecule has 1 aromatic carbocycles. The minimum atomic E-state index is -1.73. The lowest BCUT2D eigenvalue weighted by atomic mass is 10.2. The zero-order chi connectivity index (χ0) is 8.27. The molecule has 0 spiro atoms. The summed E-state index contributed by atoms with van der Waals surface area (Å²) in [7, 11) is 0. The summed E-state index contributed by atoms with van der Waals surface area (Å²) >= 11 is 0.417. The third-order valence-corrected chi connectivity index (χ3v) is 2.85. The Balaban J connectivity index is 2.86. The number of halogens is 1. The molecule has 2 nitrogen and oxygen atoms in total. The van der Waals surface area contributed by atoms with Crippen molar-refractivity contribution < 1.29 is 8.76 Å². The van der Waals surface area contributed by atoms with E-state index in [1.165, 1.54) is 0 Å². The minimum absolute atomic E-state index is 0.221. The SMILES string of the molecule is O=S(O)Cc1ccccc1I. The molecule has 1 N–H and O–H groups in total. The minimum Gasteiger partial charge on any atom is -0.306 e. The maximum atomic E-state index is 10.4. The van der Waals surface area contributed by atoms with E-state index in [-0.39, 0.29) is 5.75 Å². The van der Waals surface area contributed by atoms with Gasteiger partial charge in [-0.2, -0.15) is 0 Å². The molecular weight excluding hydrogens is 275 g/mol. The van der Waals surface area contributed by atoms with E-state index in [1.54, 1.807) is 0 Å². The van der Waals surface area contributed by atoms with Crippen LogP contribution in [0.1, 0.15) is 5.56 Å². The third kappa shape index (κ3) is 2.88. The summed E-state index contributed by atoms with van der Waals surface area (Å²) in [6, 6.07) is 7.55. The topological polar surface area (TPSA) is 37.3 Å². The molecule has 0 aliphatic carbocycles. The highest BCUT2D eigenvalue weighted by molar-refractivity contribution is 14.1. The molecule has 1 aromatic rings. The lowest BCUT2D eigenvalue weighted by Gasteiger charge is -1.98. The van der Waals surface area contributed by atoms with Gasteiger partial charge in [-0.1, -0.05) is 18.2 Å². The fourth-order valence-corrected chi connectivity index (χ4v) is 2.10. The van der Waals surface area contributed by atoms with Gasteiger partial charge in [0.25, 0.3) is 0 Å². The summed E-state index contributed by atoms with van der Waals surface area (Å²) in [5.41, 5.74) is 0.925. The van der Waals surface area contributed by atoms with Crippen LogP contribution in [-0.2, 0) is 16.8 Å². The van der Waals surface area contributed by atoms with Gasteiger partial charge in [-0.3, -0.25) is 0 Å². The molecule has 0 aromatic heterocycles. The highest BCUT2D eigenvalue weighted by Gasteiger charge is 2.00. The van der Waals surface area contributed by atoms with Crippen molar-refractivity contribution in [1.29, 1.82) is 0 Å². The van der Waals surface area contributed by atoms with Crippen molar-refractivity contribution in [1.82, 2.24) is 0 Å². The predicted octanol–water partition coefficient (Wildman–Crippen LogP) is 2.01. The van der Waals surface area contributed by atoms with E-state index >= 15 is 0 Å². The van der Waals surface area contributed by atoms with Gasteiger partial charge in [0.2, 0.25) is 0 Å². The highest BCUT2D eigenvalue weighted by Crippen LogP contribution is 2.12. The van der Waals surface area contributed by atoms with E-state index in [1.807, 2.05) is 24.3 Å². The Morgan fingerprint density at radius 3 is 2.64 bits per heavy atom. The van der Waals surface area contributed by atoms with E-state index in [0.717, 1.165) is 9.13 Å². The first-order valence-electron chi connectivity index (χ1n) is 3.01. The molecule has 11 heavy (non-hydrogen) atoms. The molecule has 0 aliphatic heterocycles.